The molecule has 1 aliphatic heterocycles. The first kappa shape index (κ1) is 13.7. The number of rotatable bonds is 2. The Morgan fingerprint density at radius 3 is 2.53 bits per heavy atom. The molecule has 1 N–H and O–H groups in total. The minimum atomic E-state index is -0.167. The maximum absolute atomic E-state index is 12.1. The van der Waals surface area contributed by atoms with E-state index in [0.717, 1.165) is 0 Å². The van der Waals surface area contributed by atoms with Gasteiger partial charge in [0.1, 0.15) is 0 Å². The molecule has 0 spiro atoms. The molecule has 19 heavy (non-hydrogen) atoms. The number of hydrogen-bond donors (Lipinski definition) is 1. The average molecular weight is 283 g/mol. The molecule has 1 saturated heterocycles. The van der Waals surface area contributed by atoms with Crippen LogP contribution < -0.4 is 5.32 Å². The number of amides is 2. The Labute approximate surface area is 116 Å². The van der Waals surface area contributed by atoms with E-state index in [2.05, 4.69) is 15.5 Å². The fraction of sp³-hybridized carbons (Fsp3) is 0.500. The van der Waals surface area contributed by atoms with E-state index in [9.17, 15) is 9.59 Å². The lowest BCUT2D eigenvalue weighted by Crippen LogP contribution is -2.42. The van der Waals surface area contributed by atoms with Gasteiger partial charge in [-0.3, -0.25) is 9.59 Å². The number of nitrogens with one attached hydrogen (secondary N) is 1. The minimum Gasteiger partial charge on any atom is -0.359 e. The molecule has 0 aromatic carbocycles. The first-order valence-corrected chi connectivity index (χ1v) is 6.49. The monoisotopic (exact) mass is 282 g/mol. The summed E-state index contributed by atoms with van der Waals surface area (Å²) in [6.45, 7) is 1.11. The molecule has 0 radical (unpaired) electrons. The zero-order valence-corrected chi connectivity index (χ0v) is 11.4. The van der Waals surface area contributed by atoms with Crippen molar-refractivity contribution in [2.75, 3.05) is 20.1 Å². The highest BCUT2D eigenvalue weighted by molar-refractivity contribution is 6.29. The molecule has 2 rings (SSSR count). The second-order valence-electron chi connectivity index (χ2n) is 4.42. The molecule has 0 unspecified atom stereocenters. The maximum Gasteiger partial charge on any atom is 0.274 e. The number of carbonyl (C=O) groups is 2. The fourth-order valence-electron chi connectivity index (χ4n) is 2.14. The third-order valence-electron chi connectivity index (χ3n) is 3.25. The molecule has 0 aliphatic carbocycles. The maximum atomic E-state index is 12.1. The van der Waals surface area contributed by atoms with Crippen LogP contribution >= 0.6 is 11.6 Å². The Morgan fingerprint density at radius 2 is 2.00 bits per heavy atom. The van der Waals surface area contributed by atoms with Crippen molar-refractivity contribution in [2.24, 2.45) is 5.92 Å². The second kappa shape index (κ2) is 5.97. The van der Waals surface area contributed by atoms with Gasteiger partial charge in [-0.05, 0) is 25.0 Å². The van der Waals surface area contributed by atoms with Gasteiger partial charge in [-0.25, -0.2) is 0 Å². The van der Waals surface area contributed by atoms with Crippen molar-refractivity contribution in [3.63, 3.8) is 0 Å². The molecular formula is C12H15ClN4O2. The van der Waals surface area contributed by atoms with Crippen LogP contribution in [0.25, 0.3) is 0 Å². The lowest BCUT2D eigenvalue weighted by atomic mass is 9.96. The van der Waals surface area contributed by atoms with E-state index in [1.54, 1.807) is 24.1 Å². The normalized spacial score (nSPS) is 16.2. The van der Waals surface area contributed by atoms with Crippen LogP contribution in [-0.2, 0) is 4.79 Å². The number of carbonyl (C=O) groups excluding carboxylic acids is 2. The van der Waals surface area contributed by atoms with E-state index in [4.69, 9.17) is 11.6 Å². The first-order chi connectivity index (χ1) is 9.11. The summed E-state index contributed by atoms with van der Waals surface area (Å²) < 4.78 is 0. The summed E-state index contributed by atoms with van der Waals surface area (Å²) in [6, 6.07) is 3.10. The Kier molecular flexibility index (Phi) is 4.31. The van der Waals surface area contributed by atoms with Crippen LogP contribution in [0.2, 0.25) is 5.15 Å². The van der Waals surface area contributed by atoms with Crippen LogP contribution in [0.15, 0.2) is 12.1 Å². The number of hydrogen-bond acceptors (Lipinski definition) is 4. The highest BCUT2D eigenvalue weighted by Gasteiger charge is 2.27. The van der Waals surface area contributed by atoms with E-state index in [-0.39, 0.29) is 28.6 Å². The third-order valence-corrected chi connectivity index (χ3v) is 3.45. The Bertz CT molecular complexity index is 469. The van der Waals surface area contributed by atoms with Gasteiger partial charge in [0.05, 0.1) is 0 Å². The van der Waals surface area contributed by atoms with Crippen molar-refractivity contribution >= 4 is 23.4 Å². The predicted molar refractivity (Wildman–Crippen MR) is 69.7 cm³/mol. The van der Waals surface area contributed by atoms with Crippen LogP contribution in [0, 0.1) is 5.92 Å². The fourth-order valence-corrected chi connectivity index (χ4v) is 2.24. The quantitative estimate of drug-likeness (QED) is 0.868. The number of nitrogens with zero attached hydrogens (tertiary/aromatic N) is 3. The molecule has 0 bridgehead atoms. The summed E-state index contributed by atoms with van der Waals surface area (Å²) in [5.74, 6) is -0.136. The van der Waals surface area contributed by atoms with Gasteiger partial charge >= 0.3 is 0 Å². The van der Waals surface area contributed by atoms with Gasteiger partial charge in [0.25, 0.3) is 5.91 Å². The lowest BCUT2D eigenvalue weighted by Gasteiger charge is -2.30. The van der Waals surface area contributed by atoms with Crippen molar-refractivity contribution in [1.29, 1.82) is 0 Å². The second-order valence-corrected chi connectivity index (χ2v) is 4.81. The minimum absolute atomic E-state index is 0.00893. The number of halogens is 1. The molecular weight excluding hydrogens is 268 g/mol. The summed E-state index contributed by atoms with van der Waals surface area (Å²) in [7, 11) is 1.63. The Balaban J connectivity index is 1.96. The molecule has 102 valence electrons. The third kappa shape index (κ3) is 3.20. The Morgan fingerprint density at radius 1 is 1.32 bits per heavy atom. The standard InChI is InChI=1S/C12H15ClN4O2/c1-14-11(18)8-4-6-17(7-5-8)12(19)9-2-3-10(13)16-15-9/h2-3,8H,4-7H2,1H3,(H,14,18). The van der Waals surface area contributed by atoms with Crippen molar-refractivity contribution in [1.82, 2.24) is 20.4 Å². The SMILES string of the molecule is CNC(=O)C1CCN(C(=O)c2ccc(Cl)nn2)CC1. The predicted octanol–water partition coefficient (Wildman–Crippen LogP) is 0.728. The van der Waals surface area contributed by atoms with Crippen LogP contribution in [0.1, 0.15) is 23.3 Å². The van der Waals surface area contributed by atoms with Crippen LogP contribution in [-0.4, -0.2) is 47.0 Å². The molecule has 2 heterocycles. The van der Waals surface area contributed by atoms with Gasteiger partial charge in [0.15, 0.2) is 10.8 Å². The highest BCUT2D eigenvalue weighted by atomic mass is 35.5. The molecule has 1 fully saturated rings. The van der Waals surface area contributed by atoms with Gasteiger partial charge in [-0.2, -0.15) is 0 Å². The largest absolute Gasteiger partial charge is 0.359 e. The van der Waals surface area contributed by atoms with Crippen molar-refractivity contribution in [3.8, 4) is 0 Å². The van der Waals surface area contributed by atoms with Crippen molar-refractivity contribution in [2.45, 2.75) is 12.8 Å². The highest BCUT2D eigenvalue weighted by Crippen LogP contribution is 2.18. The number of aromatic nitrogens is 2. The summed E-state index contributed by atoms with van der Waals surface area (Å²) in [5, 5.41) is 10.3. The first-order valence-electron chi connectivity index (χ1n) is 6.12. The molecule has 6 nitrogen and oxygen atoms in total. The van der Waals surface area contributed by atoms with Crippen molar-refractivity contribution < 1.29 is 9.59 Å². The lowest BCUT2D eigenvalue weighted by molar-refractivity contribution is -0.125. The zero-order valence-electron chi connectivity index (χ0n) is 10.6. The molecule has 7 heteroatoms. The summed E-state index contributed by atoms with van der Waals surface area (Å²) in [6.07, 6.45) is 1.35. The number of piperidine rings is 1. The molecule has 1 aliphatic rings. The van der Waals surface area contributed by atoms with E-state index in [1.807, 2.05) is 0 Å². The molecule has 1 aromatic rings. The summed E-state index contributed by atoms with van der Waals surface area (Å²) in [5.41, 5.74) is 0.280. The molecule has 2 amide bonds. The average Bonchev–Trinajstić information content (AvgIpc) is 2.46. The van der Waals surface area contributed by atoms with Gasteiger partial charge in [0, 0.05) is 26.1 Å². The molecule has 0 atom stereocenters. The smallest absolute Gasteiger partial charge is 0.274 e. The van der Waals surface area contributed by atoms with E-state index in [0.29, 0.717) is 25.9 Å². The van der Waals surface area contributed by atoms with Crippen molar-refractivity contribution in [3.05, 3.63) is 23.0 Å². The van der Waals surface area contributed by atoms with E-state index >= 15 is 0 Å². The van der Waals surface area contributed by atoms with Crippen LogP contribution in [0.3, 0.4) is 0 Å². The van der Waals surface area contributed by atoms with Gasteiger partial charge < -0.3 is 10.2 Å². The van der Waals surface area contributed by atoms with Crippen LogP contribution in [0.5, 0.6) is 0 Å². The summed E-state index contributed by atoms with van der Waals surface area (Å²) in [4.78, 5) is 25.3. The van der Waals surface area contributed by atoms with Gasteiger partial charge in [-0.15, -0.1) is 10.2 Å². The number of likely N-dealkylation sites (tertiary alicyclic amines) is 1. The van der Waals surface area contributed by atoms with Gasteiger partial charge in [-0.1, -0.05) is 11.6 Å². The van der Waals surface area contributed by atoms with E-state index < -0.39 is 0 Å². The zero-order chi connectivity index (χ0) is 13.8. The van der Waals surface area contributed by atoms with Gasteiger partial charge in [0.2, 0.25) is 5.91 Å². The topological polar surface area (TPSA) is 75.2 Å². The summed E-state index contributed by atoms with van der Waals surface area (Å²) >= 11 is 5.63. The van der Waals surface area contributed by atoms with Crippen LogP contribution in [0.4, 0.5) is 0 Å². The Hall–Kier alpha value is -1.69. The van der Waals surface area contributed by atoms with E-state index in [1.165, 1.54) is 0 Å². The molecule has 1 aromatic heterocycles. The molecule has 0 saturated carbocycles.